The first-order chi connectivity index (χ1) is 21.0. The number of aromatic nitrogens is 1. The van der Waals surface area contributed by atoms with E-state index in [2.05, 4.69) is 46.7 Å². The van der Waals surface area contributed by atoms with Crippen molar-refractivity contribution in [1.29, 1.82) is 0 Å². The number of hydrogen-bond acceptors (Lipinski definition) is 7. The van der Waals surface area contributed by atoms with Gasteiger partial charge in [-0.2, -0.15) is 0 Å². The Morgan fingerprint density at radius 1 is 1.20 bits per heavy atom. The zero-order valence-corrected chi connectivity index (χ0v) is 29.0. The van der Waals surface area contributed by atoms with E-state index in [1.165, 1.54) is 11.3 Å². The van der Waals surface area contributed by atoms with E-state index in [1.54, 1.807) is 11.5 Å². The Labute approximate surface area is 269 Å². The van der Waals surface area contributed by atoms with E-state index in [-0.39, 0.29) is 53.3 Å². The van der Waals surface area contributed by atoms with Crippen LogP contribution in [0.5, 0.6) is 0 Å². The highest BCUT2D eigenvalue weighted by molar-refractivity contribution is 7.40. The maximum absolute atomic E-state index is 13.4. The molecule has 0 aromatic carbocycles. The third-order valence-corrected chi connectivity index (χ3v) is 10.3. The number of carbonyl (C=O) groups excluding carboxylic acids is 4. The van der Waals surface area contributed by atoms with E-state index in [0.29, 0.717) is 40.0 Å². The lowest BCUT2D eigenvalue weighted by atomic mass is 9.95. The molecule has 0 aliphatic carbocycles. The molecule has 7 atom stereocenters. The van der Waals surface area contributed by atoms with Crippen molar-refractivity contribution < 1.29 is 19.2 Å². The van der Waals surface area contributed by atoms with Crippen molar-refractivity contribution >= 4 is 43.9 Å². The van der Waals surface area contributed by atoms with Crippen LogP contribution in [-0.4, -0.2) is 65.6 Å². The van der Waals surface area contributed by atoms with Crippen molar-refractivity contribution in [2.75, 3.05) is 12.7 Å². The van der Waals surface area contributed by atoms with Gasteiger partial charge in [0.2, 0.25) is 11.8 Å². The van der Waals surface area contributed by atoms with E-state index < -0.39 is 6.04 Å². The van der Waals surface area contributed by atoms with Gasteiger partial charge in [-0.15, -0.1) is 11.3 Å². The molecule has 2 heterocycles. The Hall–Kier alpha value is -2.68. The summed E-state index contributed by atoms with van der Waals surface area (Å²) in [4.78, 5) is 55.3. The number of allylic oxidation sites excluding steroid dienone is 4. The number of aldehydes is 1. The van der Waals surface area contributed by atoms with Crippen LogP contribution in [0.4, 0.5) is 0 Å². The van der Waals surface area contributed by atoms with Crippen molar-refractivity contribution in [3.05, 3.63) is 52.5 Å². The SMILES string of the molecule is C=C/C(=C\C=C/C)CC(CC(C)C=O)NC(=O)c1csc(CCC(NC(=O)C(NC(=O)C2NCCP2)C(C)CC)C(C)C)n1. The summed E-state index contributed by atoms with van der Waals surface area (Å²) in [6, 6.07) is -0.957. The van der Waals surface area contributed by atoms with E-state index >= 15 is 0 Å². The molecule has 1 aromatic rings. The third-order valence-electron chi connectivity index (χ3n) is 7.93. The summed E-state index contributed by atoms with van der Waals surface area (Å²) >= 11 is 1.42. The van der Waals surface area contributed by atoms with E-state index in [9.17, 15) is 19.2 Å². The Balaban J connectivity index is 2.04. The predicted molar refractivity (Wildman–Crippen MR) is 182 cm³/mol. The Morgan fingerprint density at radius 2 is 1.95 bits per heavy atom. The van der Waals surface area contributed by atoms with Gasteiger partial charge in [-0.05, 0) is 56.3 Å². The average Bonchev–Trinajstić information content (AvgIpc) is 3.72. The summed E-state index contributed by atoms with van der Waals surface area (Å²) < 4.78 is 0. The zero-order valence-electron chi connectivity index (χ0n) is 27.2. The minimum absolute atomic E-state index is 0.00367. The van der Waals surface area contributed by atoms with Gasteiger partial charge in [-0.1, -0.05) is 80.5 Å². The molecular weight excluding hydrogens is 593 g/mol. The summed E-state index contributed by atoms with van der Waals surface area (Å²) in [7, 11) is 0.526. The summed E-state index contributed by atoms with van der Waals surface area (Å²) in [5.74, 6) is -0.787. The molecule has 9 nitrogen and oxygen atoms in total. The van der Waals surface area contributed by atoms with E-state index in [1.807, 2.05) is 45.9 Å². The van der Waals surface area contributed by atoms with Crippen molar-refractivity contribution in [3.8, 4) is 0 Å². The largest absolute Gasteiger partial charge is 0.351 e. The van der Waals surface area contributed by atoms with Crippen molar-refractivity contribution in [2.24, 2.45) is 17.8 Å². The normalized spacial score (nSPS) is 19.3. The zero-order chi connectivity index (χ0) is 32.6. The number of nitrogens with one attached hydrogen (secondary N) is 4. The van der Waals surface area contributed by atoms with Crippen molar-refractivity contribution in [3.63, 3.8) is 0 Å². The Morgan fingerprint density at radius 3 is 2.55 bits per heavy atom. The Bertz CT molecular complexity index is 1160. The number of hydrogen-bond donors (Lipinski definition) is 4. The number of aryl methyl sites for hydroxylation is 1. The fourth-order valence-electron chi connectivity index (χ4n) is 4.96. The standard InChI is InChI=1S/C33H52N5O4PS/c1-8-11-12-24(10-3)18-25(17-22(6)19-39)35-30(40)27-20-44-28(36-27)14-13-26(21(4)5)37-31(41)29(23(7)9-2)38-32(42)33-34-15-16-43-33/h8,10-12,19-23,25-26,29,33-34,43H,3,9,13-18H2,1-2,4-7H3,(H,35,40)(H,37,41)(H,38,42)/b11-8-,24-12+. The van der Waals surface area contributed by atoms with Crippen LogP contribution in [-0.2, 0) is 20.8 Å². The fraction of sp³-hybridized carbons (Fsp3) is 0.606. The first-order valence-corrected chi connectivity index (χ1v) is 17.9. The molecule has 1 aliphatic rings. The maximum Gasteiger partial charge on any atom is 0.270 e. The summed E-state index contributed by atoms with van der Waals surface area (Å²) in [6.07, 6.45) is 12.6. The van der Waals surface area contributed by atoms with Gasteiger partial charge in [-0.3, -0.25) is 14.4 Å². The quantitative estimate of drug-likeness (QED) is 0.0976. The van der Waals surface area contributed by atoms with Crippen LogP contribution >= 0.6 is 19.9 Å². The van der Waals surface area contributed by atoms with Gasteiger partial charge in [0.25, 0.3) is 5.91 Å². The lowest BCUT2D eigenvalue weighted by molar-refractivity contribution is -0.130. The van der Waals surface area contributed by atoms with Crippen LogP contribution in [0.2, 0.25) is 0 Å². The number of thiazole rings is 1. The van der Waals surface area contributed by atoms with Crippen molar-refractivity contribution in [1.82, 2.24) is 26.3 Å². The maximum atomic E-state index is 13.4. The molecule has 0 radical (unpaired) electrons. The number of carbonyl (C=O) groups is 4. The molecule has 0 spiro atoms. The highest BCUT2D eigenvalue weighted by Crippen LogP contribution is 2.23. The molecule has 1 fully saturated rings. The predicted octanol–water partition coefficient (Wildman–Crippen LogP) is 4.76. The molecule has 7 unspecified atom stereocenters. The van der Waals surface area contributed by atoms with E-state index in [4.69, 9.17) is 0 Å². The smallest absolute Gasteiger partial charge is 0.270 e. The molecule has 11 heteroatoms. The van der Waals surface area contributed by atoms with Crippen LogP contribution < -0.4 is 21.3 Å². The number of amides is 3. The van der Waals surface area contributed by atoms with Gasteiger partial charge in [0.15, 0.2) is 0 Å². The second-order valence-electron chi connectivity index (χ2n) is 11.9. The molecule has 44 heavy (non-hydrogen) atoms. The third kappa shape index (κ3) is 12.4. The molecule has 4 N–H and O–H groups in total. The van der Waals surface area contributed by atoms with Gasteiger partial charge in [0.1, 0.15) is 23.8 Å². The highest BCUT2D eigenvalue weighted by Gasteiger charge is 2.31. The fourth-order valence-corrected chi connectivity index (χ4v) is 6.89. The topological polar surface area (TPSA) is 129 Å². The molecule has 2 rings (SSSR count). The Kier molecular flexibility index (Phi) is 16.8. The van der Waals surface area contributed by atoms with Gasteiger partial charge < -0.3 is 26.1 Å². The number of rotatable bonds is 19. The van der Waals surface area contributed by atoms with Gasteiger partial charge in [-0.25, -0.2) is 4.98 Å². The molecule has 3 amide bonds. The molecular formula is C33H52N5O4PS. The molecule has 1 aromatic heterocycles. The van der Waals surface area contributed by atoms with Gasteiger partial charge in [0, 0.05) is 29.8 Å². The van der Waals surface area contributed by atoms with Crippen LogP contribution in [0.1, 0.15) is 82.7 Å². The lowest BCUT2D eigenvalue weighted by Gasteiger charge is -2.29. The summed E-state index contributed by atoms with van der Waals surface area (Å²) in [5.41, 5.74) is 1.32. The van der Waals surface area contributed by atoms with Crippen LogP contribution in [0, 0.1) is 17.8 Å². The summed E-state index contributed by atoms with van der Waals surface area (Å²) in [5, 5.41) is 15.0. The van der Waals surface area contributed by atoms with Gasteiger partial charge in [0.05, 0.1) is 5.01 Å². The highest BCUT2D eigenvalue weighted by atomic mass is 32.1. The molecule has 244 valence electrons. The first-order valence-electron chi connectivity index (χ1n) is 15.7. The lowest BCUT2D eigenvalue weighted by Crippen LogP contribution is -2.55. The minimum Gasteiger partial charge on any atom is -0.351 e. The summed E-state index contributed by atoms with van der Waals surface area (Å²) in [6.45, 7) is 16.6. The molecule has 0 bridgehead atoms. The van der Waals surface area contributed by atoms with E-state index in [0.717, 1.165) is 36.0 Å². The monoisotopic (exact) mass is 645 g/mol. The molecule has 1 aliphatic heterocycles. The minimum atomic E-state index is -0.597. The number of nitrogens with zero attached hydrogens (tertiary/aromatic N) is 1. The average molecular weight is 646 g/mol. The first kappa shape index (κ1) is 37.5. The van der Waals surface area contributed by atoms with Crippen LogP contribution in [0.3, 0.4) is 0 Å². The van der Waals surface area contributed by atoms with Crippen LogP contribution in [0.25, 0.3) is 0 Å². The van der Waals surface area contributed by atoms with Crippen molar-refractivity contribution in [2.45, 2.75) is 97.6 Å². The molecule has 1 saturated heterocycles. The van der Waals surface area contributed by atoms with Crippen LogP contribution in [0.15, 0.2) is 41.8 Å². The second-order valence-corrected chi connectivity index (χ2v) is 14.4. The molecule has 0 saturated carbocycles. The second kappa shape index (κ2) is 19.7. The van der Waals surface area contributed by atoms with Gasteiger partial charge >= 0.3 is 0 Å².